The molecule has 0 radical (unpaired) electrons. The zero-order valence-electron chi connectivity index (χ0n) is 6.90. The van der Waals surface area contributed by atoms with Crippen molar-refractivity contribution < 1.29 is 4.57 Å². The van der Waals surface area contributed by atoms with Crippen LogP contribution in [-0.2, 0) is 13.1 Å². The van der Waals surface area contributed by atoms with E-state index in [-0.39, 0.29) is 0 Å². The summed E-state index contributed by atoms with van der Waals surface area (Å²) in [5.41, 5.74) is 2.39. The lowest BCUT2D eigenvalue weighted by molar-refractivity contribution is -0.703. The normalized spacial score (nSPS) is 14.8. The van der Waals surface area contributed by atoms with Gasteiger partial charge < -0.3 is 0 Å². The number of rotatable bonds is 1. The number of aliphatic imine (C=N–C) groups is 1. The number of aromatic nitrogens is 1. The predicted octanol–water partition coefficient (Wildman–Crippen LogP) is 1.11. The summed E-state index contributed by atoms with van der Waals surface area (Å²) in [5, 5.41) is 0. The van der Waals surface area contributed by atoms with Gasteiger partial charge in [0.2, 0.25) is 6.67 Å². The van der Waals surface area contributed by atoms with E-state index in [1.807, 2.05) is 12.1 Å². The number of pyridine rings is 1. The maximum absolute atomic E-state index is 4.35. The third-order valence-electron chi connectivity index (χ3n) is 2.06. The monoisotopic (exact) mass is 159 g/mol. The van der Waals surface area contributed by atoms with E-state index >= 15 is 0 Å². The molecule has 0 bridgehead atoms. The minimum Gasteiger partial charge on any atom is -0.224 e. The van der Waals surface area contributed by atoms with Crippen LogP contribution in [0.15, 0.2) is 42.0 Å². The van der Waals surface area contributed by atoms with Gasteiger partial charge in [0.15, 0.2) is 11.9 Å². The first-order valence-corrected chi connectivity index (χ1v) is 4.03. The Labute approximate surface area is 71.9 Å². The first-order chi connectivity index (χ1) is 5.90. The molecule has 2 rings (SSSR count). The molecular weight excluding hydrogens is 148 g/mol. The number of fused-ring (bicyclic) bond motifs is 1. The molecular formula is C10H11N2+. The van der Waals surface area contributed by atoms with E-state index in [4.69, 9.17) is 0 Å². The van der Waals surface area contributed by atoms with Gasteiger partial charge in [-0.25, -0.2) is 4.99 Å². The van der Waals surface area contributed by atoms with Gasteiger partial charge in [-0.05, 0) is 6.08 Å². The molecule has 0 atom stereocenters. The summed E-state index contributed by atoms with van der Waals surface area (Å²) in [7, 11) is 0. The second-order valence-corrected chi connectivity index (χ2v) is 2.83. The van der Waals surface area contributed by atoms with Crippen molar-refractivity contribution >= 4 is 5.71 Å². The Kier molecular flexibility index (Phi) is 1.74. The molecule has 0 amide bonds. The molecule has 0 fully saturated rings. The van der Waals surface area contributed by atoms with Gasteiger partial charge in [-0.15, -0.1) is 0 Å². The van der Waals surface area contributed by atoms with Crippen LogP contribution in [0.25, 0.3) is 0 Å². The molecule has 1 aliphatic rings. The molecule has 0 aromatic carbocycles. The number of hydrogen-bond donors (Lipinski definition) is 0. The molecule has 0 saturated carbocycles. The van der Waals surface area contributed by atoms with Crippen LogP contribution in [0.2, 0.25) is 0 Å². The number of hydrogen-bond acceptors (Lipinski definition) is 1. The molecule has 60 valence electrons. The molecule has 1 aliphatic heterocycles. The first kappa shape index (κ1) is 7.22. The zero-order valence-corrected chi connectivity index (χ0v) is 6.90. The summed E-state index contributed by atoms with van der Waals surface area (Å²) in [4.78, 5) is 4.35. The van der Waals surface area contributed by atoms with Crippen LogP contribution in [0.3, 0.4) is 0 Å². The smallest absolute Gasteiger partial charge is 0.224 e. The minimum atomic E-state index is 0.734. The highest BCUT2D eigenvalue weighted by molar-refractivity contribution is 5.95. The van der Waals surface area contributed by atoms with Crippen molar-refractivity contribution in [3.05, 3.63) is 42.7 Å². The van der Waals surface area contributed by atoms with Gasteiger partial charge in [0.05, 0.1) is 12.1 Å². The Balaban J connectivity index is 2.36. The third kappa shape index (κ3) is 1.16. The quantitative estimate of drug-likeness (QED) is 0.546. The molecule has 0 saturated heterocycles. The van der Waals surface area contributed by atoms with Crippen LogP contribution in [0.5, 0.6) is 0 Å². The van der Waals surface area contributed by atoms with Crippen molar-refractivity contribution in [2.75, 3.05) is 0 Å². The Morgan fingerprint density at radius 2 is 2.42 bits per heavy atom. The number of allylic oxidation sites excluding steroid dienone is 1. The largest absolute Gasteiger partial charge is 0.241 e. The maximum atomic E-state index is 4.35. The lowest BCUT2D eigenvalue weighted by atomic mass is 10.1. The molecule has 2 nitrogen and oxygen atoms in total. The second-order valence-electron chi connectivity index (χ2n) is 2.83. The highest BCUT2D eigenvalue weighted by Crippen LogP contribution is 2.01. The van der Waals surface area contributed by atoms with Gasteiger partial charge in [-0.1, -0.05) is 12.6 Å². The van der Waals surface area contributed by atoms with Crippen LogP contribution in [0, 0.1) is 0 Å². The average Bonchev–Trinajstić information content (AvgIpc) is 2.17. The van der Waals surface area contributed by atoms with Gasteiger partial charge in [0, 0.05) is 12.1 Å². The fourth-order valence-electron chi connectivity index (χ4n) is 1.36. The Morgan fingerprint density at radius 3 is 3.25 bits per heavy atom. The van der Waals surface area contributed by atoms with Crippen molar-refractivity contribution in [2.24, 2.45) is 4.99 Å². The van der Waals surface area contributed by atoms with Crippen molar-refractivity contribution in [3.8, 4) is 0 Å². The summed E-state index contributed by atoms with van der Waals surface area (Å²) in [6, 6.07) is 6.20. The zero-order chi connectivity index (χ0) is 8.39. The molecule has 0 aliphatic carbocycles. The highest BCUT2D eigenvalue weighted by Gasteiger charge is 2.14. The van der Waals surface area contributed by atoms with Crippen LogP contribution in [-0.4, -0.2) is 5.71 Å². The molecule has 2 heterocycles. The second kappa shape index (κ2) is 2.89. The van der Waals surface area contributed by atoms with Gasteiger partial charge in [0.25, 0.3) is 0 Å². The summed E-state index contributed by atoms with van der Waals surface area (Å²) < 4.78 is 2.15. The van der Waals surface area contributed by atoms with Crippen LogP contribution in [0.1, 0.15) is 5.69 Å². The van der Waals surface area contributed by atoms with E-state index in [1.54, 1.807) is 0 Å². The summed E-state index contributed by atoms with van der Waals surface area (Å²) >= 11 is 0. The molecule has 0 unspecified atom stereocenters. The first-order valence-electron chi connectivity index (χ1n) is 4.03. The van der Waals surface area contributed by atoms with E-state index in [0.29, 0.717) is 0 Å². The Morgan fingerprint density at radius 1 is 1.50 bits per heavy atom. The topological polar surface area (TPSA) is 16.2 Å². The van der Waals surface area contributed by atoms with Gasteiger partial charge in [-0.3, -0.25) is 0 Å². The molecule has 0 N–H and O–H groups in total. The van der Waals surface area contributed by atoms with E-state index in [0.717, 1.165) is 18.8 Å². The van der Waals surface area contributed by atoms with Crippen molar-refractivity contribution in [3.63, 3.8) is 0 Å². The predicted molar refractivity (Wildman–Crippen MR) is 48.0 cm³/mol. The summed E-state index contributed by atoms with van der Waals surface area (Å²) in [5.74, 6) is 0. The van der Waals surface area contributed by atoms with Gasteiger partial charge in [0.1, 0.15) is 0 Å². The van der Waals surface area contributed by atoms with E-state index in [1.165, 1.54) is 5.69 Å². The lowest BCUT2D eigenvalue weighted by Crippen LogP contribution is -2.41. The summed E-state index contributed by atoms with van der Waals surface area (Å²) in [6.07, 6.45) is 4.79. The summed E-state index contributed by atoms with van der Waals surface area (Å²) in [6.45, 7) is 4.45. The molecule has 1 aromatic heterocycles. The van der Waals surface area contributed by atoms with Crippen molar-refractivity contribution in [1.82, 2.24) is 0 Å². The van der Waals surface area contributed by atoms with E-state index < -0.39 is 0 Å². The van der Waals surface area contributed by atoms with Gasteiger partial charge in [-0.2, -0.15) is 4.57 Å². The SMILES string of the molecule is C=CC1=NC[n+]2ccccc2C1. The Hall–Kier alpha value is -1.44. The van der Waals surface area contributed by atoms with Gasteiger partial charge >= 0.3 is 0 Å². The molecule has 0 spiro atoms. The van der Waals surface area contributed by atoms with Crippen molar-refractivity contribution in [1.29, 1.82) is 0 Å². The van der Waals surface area contributed by atoms with Crippen LogP contribution in [0.4, 0.5) is 0 Å². The third-order valence-corrected chi connectivity index (χ3v) is 2.06. The van der Waals surface area contributed by atoms with Crippen molar-refractivity contribution in [2.45, 2.75) is 13.1 Å². The van der Waals surface area contributed by atoms with E-state index in [2.05, 4.69) is 34.5 Å². The van der Waals surface area contributed by atoms with E-state index in [9.17, 15) is 0 Å². The number of nitrogens with zero attached hydrogens (tertiary/aromatic N) is 2. The van der Waals surface area contributed by atoms with Crippen LogP contribution >= 0.6 is 0 Å². The highest BCUT2D eigenvalue weighted by atomic mass is 15.1. The average molecular weight is 159 g/mol. The molecule has 2 heteroatoms. The van der Waals surface area contributed by atoms with Crippen LogP contribution < -0.4 is 4.57 Å². The lowest BCUT2D eigenvalue weighted by Gasteiger charge is -2.07. The fraction of sp³-hybridized carbons (Fsp3) is 0.200. The minimum absolute atomic E-state index is 0.734. The fourth-order valence-corrected chi connectivity index (χ4v) is 1.36. The molecule has 12 heavy (non-hydrogen) atoms. The standard InChI is InChI=1S/C10H11N2/c1-2-9-7-10-5-3-4-6-12(10)8-11-9/h2-6H,1,7-8H2/q+1. The maximum Gasteiger partial charge on any atom is 0.241 e. The molecule has 1 aromatic rings. The Bertz CT molecular complexity index is 339.